The molecule has 1 heterocycles. The van der Waals surface area contributed by atoms with E-state index in [4.69, 9.17) is 0 Å². The molecule has 0 fully saturated rings. The fraction of sp³-hybridized carbons (Fsp3) is 0.333. The molecular weight excluding hydrogens is 158 g/mol. The summed E-state index contributed by atoms with van der Waals surface area (Å²) in [4.78, 5) is 0. The number of likely N-dealkylation sites (N-methyl/N-ethyl adjacent to an activating group) is 1. The summed E-state index contributed by atoms with van der Waals surface area (Å²) in [6.07, 6.45) is 10.5. The van der Waals surface area contributed by atoms with E-state index in [1.54, 1.807) is 0 Å². The molecule has 1 atom stereocenters. The molecule has 0 aromatic heterocycles. The van der Waals surface area contributed by atoms with Crippen molar-refractivity contribution in [2.24, 2.45) is 0 Å². The molecule has 62 valence electrons. The van der Waals surface area contributed by atoms with E-state index in [1.165, 1.54) is 0 Å². The second-order valence-electron chi connectivity index (χ2n) is 2.55. The molecule has 0 radical (unpaired) electrons. The van der Waals surface area contributed by atoms with E-state index in [0.717, 1.165) is 17.6 Å². The van der Waals surface area contributed by atoms with Gasteiger partial charge >= 0.3 is 0 Å². The molecule has 0 aliphatic carbocycles. The normalized spacial score (nSPS) is 27.7. The van der Waals surface area contributed by atoms with Crippen molar-refractivity contribution in [3.8, 4) is 0 Å². The number of nitrogens with zero attached hydrogens (tertiary/aromatic N) is 1. The third-order valence-electron chi connectivity index (χ3n) is 2.03. The van der Waals surface area contributed by atoms with Gasteiger partial charge in [-0.1, -0.05) is 6.08 Å². The van der Waals surface area contributed by atoms with E-state index in [-0.39, 0.29) is 12.4 Å². The Balaban J connectivity index is 0.000001000. The van der Waals surface area contributed by atoms with E-state index in [1.807, 2.05) is 6.20 Å². The minimum Gasteiger partial charge on any atom is -1.00 e. The highest BCUT2D eigenvalue weighted by molar-refractivity contribution is 5.04. The zero-order valence-electron chi connectivity index (χ0n) is 6.83. The van der Waals surface area contributed by atoms with Crippen LogP contribution in [0.1, 0.15) is 6.92 Å². The Labute approximate surface area is 74.7 Å². The first-order valence-electron chi connectivity index (χ1n) is 3.67. The van der Waals surface area contributed by atoms with Crippen molar-refractivity contribution in [3.63, 3.8) is 0 Å². The number of rotatable bonds is 2. The van der Waals surface area contributed by atoms with Gasteiger partial charge in [0.1, 0.15) is 12.7 Å². The highest BCUT2D eigenvalue weighted by Gasteiger charge is 2.17. The van der Waals surface area contributed by atoms with Crippen molar-refractivity contribution >= 4 is 0 Å². The maximum Gasteiger partial charge on any atom is 0.106 e. The van der Waals surface area contributed by atoms with Crippen LogP contribution in [-0.2, 0) is 0 Å². The van der Waals surface area contributed by atoms with Crippen LogP contribution in [0.5, 0.6) is 0 Å². The first-order valence-corrected chi connectivity index (χ1v) is 3.67. The SMILES string of the molecule is C=C[N+]1(CC)C=CC=CC1.[Cl-]. The molecule has 11 heavy (non-hydrogen) atoms. The lowest BCUT2D eigenvalue weighted by Crippen LogP contribution is -3.00. The number of halogens is 1. The summed E-state index contributed by atoms with van der Waals surface area (Å²) in [5.41, 5.74) is 0. The summed E-state index contributed by atoms with van der Waals surface area (Å²) < 4.78 is 0.885. The molecule has 1 unspecified atom stereocenters. The lowest BCUT2D eigenvalue weighted by molar-refractivity contribution is -0.820. The van der Waals surface area contributed by atoms with E-state index in [2.05, 4.69) is 37.9 Å². The summed E-state index contributed by atoms with van der Waals surface area (Å²) in [5, 5.41) is 0. The molecule has 1 nitrogen and oxygen atoms in total. The minimum absolute atomic E-state index is 0. The zero-order valence-corrected chi connectivity index (χ0v) is 7.59. The molecule has 0 aromatic carbocycles. The maximum atomic E-state index is 3.81. The van der Waals surface area contributed by atoms with Crippen molar-refractivity contribution < 1.29 is 16.9 Å². The Kier molecular flexibility index (Phi) is 4.16. The first kappa shape index (κ1) is 10.5. The molecule has 1 aliphatic heterocycles. The molecule has 0 N–H and O–H groups in total. The highest BCUT2D eigenvalue weighted by atomic mass is 35.5. The molecule has 0 spiro atoms. The van der Waals surface area contributed by atoms with Gasteiger partial charge in [-0.15, -0.1) is 0 Å². The summed E-state index contributed by atoms with van der Waals surface area (Å²) in [5.74, 6) is 0. The van der Waals surface area contributed by atoms with Gasteiger partial charge in [0.15, 0.2) is 0 Å². The molecule has 0 aromatic rings. The summed E-state index contributed by atoms with van der Waals surface area (Å²) in [6, 6.07) is 0. The third-order valence-corrected chi connectivity index (χ3v) is 2.03. The van der Waals surface area contributed by atoms with Crippen LogP contribution in [0.25, 0.3) is 0 Å². The van der Waals surface area contributed by atoms with Crippen LogP contribution in [0.15, 0.2) is 37.2 Å². The molecular formula is C9H14ClN. The largest absolute Gasteiger partial charge is 1.00 e. The lowest BCUT2D eigenvalue weighted by Gasteiger charge is -2.29. The van der Waals surface area contributed by atoms with Crippen molar-refractivity contribution in [2.75, 3.05) is 13.1 Å². The van der Waals surface area contributed by atoms with Gasteiger partial charge in [-0.3, -0.25) is 4.48 Å². The smallest absolute Gasteiger partial charge is 0.106 e. The molecule has 0 bridgehead atoms. The summed E-state index contributed by atoms with van der Waals surface area (Å²) in [6.45, 7) is 8.13. The number of allylic oxidation sites excluding steroid dienone is 2. The standard InChI is InChI=1S/C9H14N.ClH/c1-3-10(4-2)8-6-5-7-9-10;/h3,5-8H,1,4,9H2,2H3;1H/q+1;/p-1. The molecule has 2 heteroatoms. The molecule has 1 aliphatic rings. The topological polar surface area (TPSA) is 0 Å². The molecule has 0 amide bonds. The fourth-order valence-corrected chi connectivity index (χ4v) is 1.12. The van der Waals surface area contributed by atoms with Crippen LogP contribution in [0.2, 0.25) is 0 Å². The van der Waals surface area contributed by atoms with Crippen molar-refractivity contribution in [1.29, 1.82) is 0 Å². The average molecular weight is 172 g/mol. The maximum absolute atomic E-state index is 3.81. The second kappa shape index (κ2) is 4.37. The average Bonchev–Trinajstić information content (AvgIpc) is 2.06. The Morgan fingerprint density at radius 2 is 2.27 bits per heavy atom. The summed E-state index contributed by atoms with van der Waals surface area (Å²) in [7, 11) is 0. The van der Waals surface area contributed by atoms with Gasteiger partial charge in [-0.25, -0.2) is 0 Å². The number of hydrogen-bond acceptors (Lipinski definition) is 0. The van der Waals surface area contributed by atoms with Crippen LogP contribution in [-0.4, -0.2) is 17.6 Å². The Morgan fingerprint density at radius 1 is 1.55 bits per heavy atom. The van der Waals surface area contributed by atoms with E-state index < -0.39 is 0 Å². The summed E-state index contributed by atoms with van der Waals surface area (Å²) >= 11 is 0. The molecule has 0 saturated carbocycles. The van der Waals surface area contributed by atoms with Gasteiger partial charge in [0.25, 0.3) is 0 Å². The van der Waals surface area contributed by atoms with Gasteiger partial charge in [0, 0.05) is 0 Å². The van der Waals surface area contributed by atoms with Crippen LogP contribution < -0.4 is 12.4 Å². The van der Waals surface area contributed by atoms with Gasteiger partial charge in [-0.2, -0.15) is 0 Å². The van der Waals surface area contributed by atoms with Crippen LogP contribution in [0.3, 0.4) is 0 Å². The second-order valence-corrected chi connectivity index (χ2v) is 2.55. The third kappa shape index (κ3) is 2.21. The molecule has 0 saturated heterocycles. The van der Waals surface area contributed by atoms with Crippen molar-refractivity contribution in [2.45, 2.75) is 6.92 Å². The van der Waals surface area contributed by atoms with Gasteiger partial charge < -0.3 is 12.4 Å². The quantitative estimate of drug-likeness (QED) is 0.471. The van der Waals surface area contributed by atoms with Crippen LogP contribution >= 0.6 is 0 Å². The van der Waals surface area contributed by atoms with Crippen molar-refractivity contribution in [1.82, 2.24) is 0 Å². The van der Waals surface area contributed by atoms with Gasteiger partial charge in [0.05, 0.1) is 12.7 Å². The number of hydrogen-bond donors (Lipinski definition) is 0. The monoisotopic (exact) mass is 171 g/mol. The Bertz CT molecular complexity index is 184. The van der Waals surface area contributed by atoms with E-state index >= 15 is 0 Å². The van der Waals surface area contributed by atoms with Crippen LogP contribution in [0.4, 0.5) is 0 Å². The van der Waals surface area contributed by atoms with Crippen LogP contribution in [0, 0.1) is 0 Å². The zero-order chi connectivity index (χ0) is 7.45. The Morgan fingerprint density at radius 3 is 2.55 bits per heavy atom. The fourth-order valence-electron chi connectivity index (χ4n) is 1.12. The van der Waals surface area contributed by atoms with E-state index in [0.29, 0.717) is 0 Å². The molecule has 1 rings (SSSR count). The predicted molar refractivity (Wildman–Crippen MR) is 44.1 cm³/mol. The first-order chi connectivity index (χ1) is 4.83. The van der Waals surface area contributed by atoms with E-state index in [9.17, 15) is 0 Å². The van der Waals surface area contributed by atoms with Gasteiger partial charge in [0.2, 0.25) is 0 Å². The number of quaternary nitrogens is 1. The minimum atomic E-state index is 0. The predicted octanol–water partition coefficient (Wildman–Crippen LogP) is -0.946. The lowest BCUT2D eigenvalue weighted by atomic mass is 10.3. The Hall–Kier alpha value is -0.530. The van der Waals surface area contributed by atoms with Crippen molar-refractivity contribution in [3.05, 3.63) is 37.2 Å². The van der Waals surface area contributed by atoms with Gasteiger partial charge in [-0.05, 0) is 25.7 Å². The highest BCUT2D eigenvalue weighted by Crippen LogP contribution is 2.12.